The molecule has 3 N–H and O–H groups in total. The number of hydrogen-bond donors (Lipinski definition) is 2. The van der Waals surface area contributed by atoms with E-state index in [0.717, 1.165) is 0 Å². The number of nitrogens with two attached hydrogens (primary N) is 1. The number of carbonyl (C=O) groups excluding carboxylic acids is 1. The standard InChI is InChI=1S/C11H15ClN4O3/c12-10-8(1-6-19-10)11(17)16-4-2-15(3-5-16)7-9(13)14-18/h1,6,18H,2-5,7H2,(H2,13,14). The lowest BCUT2D eigenvalue weighted by Gasteiger charge is -2.34. The SMILES string of the molecule is N/C(CN1CCN(C(=O)c2ccoc2Cl)CC1)=N/O. The van der Waals surface area contributed by atoms with E-state index in [0.29, 0.717) is 38.3 Å². The van der Waals surface area contributed by atoms with Gasteiger partial charge in [-0.05, 0) is 17.7 Å². The van der Waals surface area contributed by atoms with E-state index in [1.54, 1.807) is 11.0 Å². The van der Waals surface area contributed by atoms with Crippen molar-refractivity contribution in [3.05, 3.63) is 23.1 Å². The highest BCUT2D eigenvalue weighted by atomic mass is 35.5. The number of piperazine rings is 1. The van der Waals surface area contributed by atoms with Gasteiger partial charge in [-0.3, -0.25) is 9.69 Å². The number of amides is 1. The molecule has 0 spiro atoms. The highest BCUT2D eigenvalue weighted by Gasteiger charge is 2.24. The highest BCUT2D eigenvalue weighted by molar-refractivity contribution is 6.32. The maximum atomic E-state index is 12.1. The Balaban J connectivity index is 1.90. The average Bonchev–Trinajstić information content (AvgIpc) is 2.85. The third-order valence-corrected chi connectivity index (χ3v) is 3.31. The normalized spacial score (nSPS) is 17.7. The van der Waals surface area contributed by atoms with Crippen LogP contribution < -0.4 is 5.73 Å². The van der Waals surface area contributed by atoms with Gasteiger partial charge in [0.2, 0.25) is 5.22 Å². The van der Waals surface area contributed by atoms with Crippen molar-refractivity contribution in [2.24, 2.45) is 10.9 Å². The van der Waals surface area contributed by atoms with Gasteiger partial charge in [0.05, 0.1) is 18.4 Å². The number of furan rings is 1. The van der Waals surface area contributed by atoms with Gasteiger partial charge in [0.1, 0.15) is 0 Å². The van der Waals surface area contributed by atoms with Crippen LogP contribution in [0.5, 0.6) is 0 Å². The molecule has 0 aliphatic carbocycles. The van der Waals surface area contributed by atoms with Crippen LogP contribution in [0.3, 0.4) is 0 Å². The zero-order valence-corrected chi connectivity index (χ0v) is 11.0. The van der Waals surface area contributed by atoms with Crippen molar-refractivity contribution in [3.63, 3.8) is 0 Å². The first kappa shape index (κ1) is 13.7. The van der Waals surface area contributed by atoms with Crippen LogP contribution in [0.1, 0.15) is 10.4 Å². The second-order valence-electron chi connectivity index (χ2n) is 4.27. The number of halogens is 1. The number of nitrogens with zero attached hydrogens (tertiary/aromatic N) is 3. The lowest BCUT2D eigenvalue weighted by atomic mass is 10.2. The summed E-state index contributed by atoms with van der Waals surface area (Å²) < 4.78 is 4.91. The monoisotopic (exact) mass is 286 g/mol. The van der Waals surface area contributed by atoms with E-state index in [-0.39, 0.29) is 17.0 Å². The van der Waals surface area contributed by atoms with Crippen molar-refractivity contribution < 1.29 is 14.4 Å². The van der Waals surface area contributed by atoms with Gasteiger partial charge in [0, 0.05) is 26.2 Å². The summed E-state index contributed by atoms with van der Waals surface area (Å²) in [7, 11) is 0. The molecule has 1 aromatic rings. The molecule has 2 heterocycles. The van der Waals surface area contributed by atoms with Gasteiger partial charge in [0.15, 0.2) is 5.84 Å². The first-order valence-corrected chi connectivity index (χ1v) is 6.20. The molecule has 1 saturated heterocycles. The lowest BCUT2D eigenvalue weighted by molar-refractivity contribution is 0.0652. The topological polar surface area (TPSA) is 95.3 Å². The molecule has 104 valence electrons. The van der Waals surface area contributed by atoms with Crippen molar-refractivity contribution in [2.45, 2.75) is 0 Å². The Kier molecular flexibility index (Phi) is 4.28. The fourth-order valence-corrected chi connectivity index (χ4v) is 2.18. The van der Waals surface area contributed by atoms with E-state index in [1.165, 1.54) is 6.26 Å². The zero-order chi connectivity index (χ0) is 13.8. The van der Waals surface area contributed by atoms with E-state index in [2.05, 4.69) is 5.16 Å². The summed E-state index contributed by atoms with van der Waals surface area (Å²) in [4.78, 5) is 15.9. The maximum absolute atomic E-state index is 12.1. The van der Waals surface area contributed by atoms with Gasteiger partial charge in [0.25, 0.3) is 5.91 Å². The van der Waals surface area contributed by atoms with Crippen molar-refractivity contribution >= 4 is 23.3 Å². The average molecular weight is 287 g/mol. The van der Waals surface area contributed by atoms with E-state index < -0.39 is 0 Å². The molecule has 1 aliphatic rings. The maximum Gasteiger partial charge on any atom is 0.258 e. The molecule has 0 aromatic carbocycles. The smallest absolute Gasteiger partial charge is 0.258 e. The molecule has 7 nitrogen and oxygen atoms in total. The molecule has 1 fully saturated rings. The van der Waals surface area contributed by atoms with E-state index in [4.69, 9.17) is 27.0 Å². The molecule has 1 aliphatic heterocycles. The van der Waals surface area contributed by atoms with Gasteiger partial charge in [-0.15, -0.1) is 0 Å². The van der Waals surface area contributed by atoms with Gasteiger partial charge in [-0.1, -0.05) is 5.16 Å². The molecule has 1 aromatic heterocycles. The summed E-state index contributed by atoms with van der Waals surface area (Å²) in [6, 6.07) is 1.56. The Morgan fingerprint density at radius 1 is 1.47 bits per heavy atom. The van der Waals surface area contributed by atoms with Crippen LogP contribution in [-0.4, -0.2) is 59.5 Å². The van der Waals surface area contributed by atoms with E-state index >= 15 is 0 Å². The Hall–Kier alpha value is -1.73. The summed E-state index contributed by atoms with van der Waals surface area (Å²) >= 11 is 5.79. The number of hydrogen-bond acceptors (Lipinski definition) is 5. The van der Waals surface area contributed by atoms with Gasteiger partial charge >= 0.3 is 0 Å². The number of carbonyl (C=O) groups is 1. The molecule has 0 radical (unpaired) electrons. The van der Waals surface area contributed by atoms with Crippen LogP contribution in [0.4, 0.5) is 0 Å². The Labute approximate surface area is 115 Å². The lowest BCUT2D eigenvalue weighted by Crippen LogP contribution is -2.50. The van der Waals surface area contributed by atoms with Crippen LogP contribution in [0.25, 0.3) is 0 Å². The molecule has 0 saturated carbocycles. The van der Waals surface area contributed by atoms with Gasteiger partial charge in [-0.2, -0.15) is 0 Å². The number of oxime groups is 1. The third-order valence-electron chi connectivity index (χ3n) is 3.02. The third kappa shape index (κ3) is 3.18. The fourth-order valence-electron chi connectivity index (χ4n) is 1.99. The van der Waals surface area contributed by atoms with Crippen molar-refractivity contribution in [1.82, 2.24) is 9.80 Å². The largest absolute Gasteiger partial charge is 0.452 e. The summed E-state index contributed by atoms with van der Waals surface area (Å²) in [5.74, 6) is 0.0276. The Morgan fingerprint density at radius 2 is 2.16 bits per heavy atom. The van der Waals surface area contributed by atoms with E-state index in [1.807, 2.05) is 4.90 Å². The van der Waals surface area contributed by atoms with Crippen molar-refractivity contribution in [3.8, 4) is 0 Å². The summed E-state index contributed by atoms with van der Waals surface area (Å²) in [5.41, 5.74) is 5.82. The molecule has 2 rings (SSSR count). The molecule has 0 atom stereocenters. The zero-order valence-electron chi connectivity index (χ0n) is 10.3. The summed E-state index contributed by atoms with van der Waals surface area (Å²) in [6.07, 6.45) is 1.39. The van der Waals surface area contributed by atoms with Crippen molar-refractivity contribution in [1.29, 1.82) is 0 Å². The molecule has 0 unspecified atom stereocenters. The molecular weight excluding hydrogens is 272 g/mol. The minimum atomic E-state index is -0.137. The van der Waals surface area contributed by atoms with Crippen LogP contribution in [-0.2, 0) is 0 Å². The predicted molar refractivity (Wildman–Crippen MR) is 69.5 cm³/mol. The van der Waals surface area contributed by atoms with Crippen LogP contribution in [0.15, 0.2) is 21.9 Å². The molecule has 1 amide bonds. The van der Waals surface area contributed by atoms with E-state index in [9.17, 15) is 4.79 Å². The van der Waals surface area contributed by atoms with Crippen LogP contribution >= 0.6 is 11.6 Å². The van der Waals surface area contributed by atoms with Gasteiger partial charge < -0.3 is 20.3 Å². The quantitative estimate of drug-likeness (QED) is 0.364. The molecule has 8 heteroatoms. The molecular formula is C11H15ClN4O3. The second kappa shape index (κ2) is 5.94. The molecule has 0 bridgehead atoms. The Bertz CT molecular complexity index is 480. The number of rotatable bonds is 3. The number of amidine groups is 1. The predicted octanol–water partition coefficient (Wildman–Crippen LogP) is 0.437. The van der Waals surface area contributed by atoms with Crippen molar-refractivity contribution in [2.75, 3.05) is 32.7 Å². The minimum absolute atomic E-state index is 0.115. The van der Waals surface area contributed by atoms with Gasteiger partial charge in [-0.25, -0.2) is 0 Å². The highest BCUT2D eigenvalue weighted by Crippen LogP contribution is 2.19. The second-order valence-corrected chi connectivity index (χ2v) is 4.61. The molecule has 19 heavy (non-hydrogen) atoms. The first-order valence-electron chi connectivity index (χ1n) is 5.83. The van der Waals surface area contributed by atoms with Crippen LogP contribution in [0.2, 0.25) is 5.22 Å². The summed E-state index contributed by atoms with van der Waals surface area (Å²) in [5, 5.41) is 11.6. The first-order chi connectivity index (χ1) is 9.11. The summed E-state index contributed by atoms with van der Waals surface area (Å²) in [6.45, 7) is 2.86. The minimum Gasteiger partial charge on any atom is -0.452 e. The van der Waals surface area contributed by atoms with Crippen LogP contribution in [0, 0.1) is 0 Å². The fraction of sp³-hybridized carbons (Fsp3) is 0.455. The Morgan fingerprint density at radius 3 is 2.68 bits per heavy atom.